The molecule has 0 radical (unpaired) electrons. The number of fused-ring (bicyclic) bond motifs is 3. The summed E-state index contributed by atoms with van der Waals surface area (Å²) in [6, 6.07) is 11.5. The van der Waals surface area contributed by atoms with E-state index < -0.39 is 0 Å². The fourth-order valence-corrected chi connectivity index (χ4v) is 4.68. The van der Waals surface area contributed by atoms with Crippen molar-refractivity contribution in [3.05, 3.63) is 63.4 Å². The highest BCUT2D eigenvalue weighted by molar-refractivity contribution is 7.99. The minimum atomic E-state index is -0.108. The fourth-order valence-electron chi connectivity index (χ4n) is 3.94. The lowest BCUT2D eigenvalue weighted by atomic mass is 10.1. The number of rotatable bonds is 6. The van der Waals surface area contributed by atoms with Crippen LogP contribution >= 0.6 is 11.8 Å². The third-order valence-electron chi connectivity index (χ3n) is 5.20. The van der Waals surface area contributed by atoms with Crippen molar-refractivity contribution in [2.24, 2.45) is 0 Å². The molecular weight excluding hydrogens is 410 g/mol. The number of nitrogens with one attached hydrogen (secondary N) is 1. The van der Waals surface area contributed by atoms with E-state index >= 15 is 0 Å². The van der Waals surface area contributed by atoms with Crippen LogP contribution in [0.2, 0.25) is 0 Å². The van der Waals surface area contributed by atoms with Crippen LogP contribution in [0.3, 0.4) is 0 Å². The number of benzene rings is 2. The lowest BCUT2D eigenvalue weighted by Gasteiger charge is -2.13. The van der Waals surface area contributed by atoms with Crippen molar-refractivity contribution in [1.82, 2.24) is 19.2 Å². The van der Waals surface area contributed by atoms with Gasteiger partial charge in [-0.25, -0.2) is 0 Å². The third-order valence-corrected chi connectivity index (χ3v) is 6.13. The number of hydrogen-bond acceptors (Lipinski definition) is 5. The molecule has 1 amide bonds. The van der Waals surface area contributed by atoms with Crippen LogP contribution < -0.4 is 10.9 Å². The van der Waals surface area contributed by atoms with Gasteiger partial charge in [-0.1, -0.05) is 48.5 Å². The van der Waals surface area contributed by atoms with Gasteiger partial charge >= 0.3 is 0 Å². The molecule has 0 saturated carbocycles. The van der Waals surface area contributed by atoms with Crippen LogP contribution in [-0.2, 0) is 11.3 Å². The molecule has 4 aromatic rings. The van der Waals surface area contributed by atoms with Crippen LogP contribution in [0.1, 0.15) is 30.0 Å². The van der Waals surface area contributed by atoms with Gasteiger partial charge in [-0.2, -0.15) is 0 Å². The summed E-state index contributed by atoms with van der Waals surface area (Å²) in [6.07, 6.45) is 0.806. The lowest BCUT2D eigenvalue weighted by Crippen LogP contribution is -2.23. The van der Waals surface area contributed by atoms with E-state index in [4.69, 9.17) is 0 Å². The SMILES string of the molecule is CCCn1c(=O)c2ccccc2n2c(SCC(=O)Nc3c(C)cc(C)cc3C)nnc12. The molecular formula is C23H25N5O2S. The Bertz CT molecular complexity index is 1330. The summed E-state index contributed by atoms with van der Waals surface area (Å²) in [5.41, 5.74) is 4.77. The van der Waals surface area contributed by atoms with E-state index in [0.29, 0.717) is 22.9 Å². The number of para-hydroxylation sites is 1. The topological polar surface area (TPSA) is 81.3 Å². The molecule has 0 spiro atoms. The summed E-state index contributed by atoms with van der Waals surface area (Å²) in [4.78, 5) is 25.6. The molecule has 31 heavy (non-hydrogen) atoms. The van der Waals surface area contributed by atoms with Crippen molar-refractivity contribution in [2.75, 3.05) is 11.1 Å². The highest BCUT2D eigenvalue weighted by Gasteiger charge is 2.17. The van der Waals surface area contributed by atoms with Gasteiger partial charge in [0.2, 0.25) is 11.7 Å². The second-order valence-corrected chi connectivity index (χ2v) is 8.64. The van der Waals surface area contributed by atoms with E-state index in [9.17, 15) is 9.59 Å². The normalized spacial score (nSPS) is 11.4. The molecule has 0 aliphatic heterocycles. The van der Waals surface area contributed by atoms with Crippen LogP contribution in [0.15, 0.2) is 46.3 Å². The Balaban J connectivity index is 1.65. The second-order valence-electron chi connectivity index (χ2n) is 7.70. The average molecular weight is 436 g/mol. The summed E-state index contributed by atoms with van der Waals surface area (Å²) < 4.78 is 3.52. The van der Waals surface area contributed by atoms with Gasteiger partial charge in [0.05, 0.1) is 16.7 Å². The van der Waals surface area contributed by atoms with Crippen molar-refractivity contribution >= 4 is 40.0 Å². The molecule has 0 aliphatic rings. The van der Waals surface area contributed by atoms with Gasteiger partial charge in [-0.15, -0.1) is 10.2 Å². The number of carbonyl (C=O) groups excluding carboxylic acids is 1. The van der Waals surface area contributed by atoms with Gasteiger partial charge in [0.1, 0.15) is 0 Å². The Morgan fingerprint density at radius 2 is 1.81 bits per heavy atom. The third kappa shape index (κ3) is 3.95. The van der Waals surface area contributed by atoms with Crippen molar-refractivity contribution in [3.8, 4) is 0 Å². The monoisotopic (exact) mass is 435 g/mol. The van der Waals surface area contributed by atoms with Gasteiger partial charge in [0.25, 0.3) is 5.56 Å². The van der Waals surface area contributed by atoms with Crippen LogP contribution in [0, 0.1) is 20.8 Å². The maximum Gasteiger partial charge on any atom is 0.262 e. The van der Waals surface area contributed by atoms with Crippen molar-refractivity contribution in [2.45, 2.75) is 45.8 Å². The van der Waals surface area contributed by atoms with Gasteiger partial charge in [0.15, 0.2) is 5.16 Å². The maximum atomic E-state index is 12.9. The minimum Gasteiger partial charge on any atom is -0.325 e. The molecule has 0 fully saturated rings. The Kier molecular flexibility index (Phi) is 5.82. The smallest absolute Gasteiger partial charge is 0.262 e. The quantitative estimate of drug-likeness (QED) is 0.461. The molecule has 0 aliphatic carbocycles. The summed E-state index contributed by atoms with van der Waals surface area (Å²) >= 11 is 1.31. The highest BCUT2D eigenvalue weighted by atomic mass is 32.2. The van der Waals surface area contributed by atoms with Crippen molar-refractivity contribution < 1.29 is 4.79 Å². The van der Waals surface area contributed by atoms with E-state index in [1.807, 2.05) is 56.4 Å². The minimum absolute atomic E-state index is 0.0723. The molecule has 1 N–H and O–H groups in total. The molecule has 0 atom stereocenters. The summed E-state index contributed by atoms with van der Waals surface area (Å²) in [5, 5.41) is 12.8. The largest absolute Gasteiger partial charge is 0.325 e. The first-order valence-corrected chi connectivity index (χ1v) is 11.3. The van der Waals surface area contributed by atoms with Crippen molar-refractivity contribution in [3.63, 3.8) is 0 Å². The Labute approximate surface area is 184 Å². The first-order chi connectivity index (χ1) is 14.9. The van der Waals surface area contributed by atoms with E-state index in [-0.39, 0.29) is 17.2 Å². The van der Waals surface area contributed by atoms with E-state index in [0.717, 1.165) is 28.8 Å². The molecule has 2 aromatic carbocycles. The number of amides is 1. The molecule has 0 unspecified atom stereocenters. The van der Waals surface area contributed by atoms with Crippen LogP contribution in [0.4, 0.5) is 5.69 Å². The molecule has 160 valence electrons. The molecule has 0 bridgehead atoms. The number of aryl methyl sites for hydroxylation is 4. The fraction of sp³-hybridized carbons (Fsp3) is 0.304. The zero-order valence-corrected chi connectivity index (χ0v) is 18.9. The van der Waals surface area contributed by atoms with Gasteiger partial charge in [-0.3, -0.25) is 18.6 Å². The Morgan fingerprint density at radius 3 is 2.52 bits per heavy atom. The Morgan fingerprint density at radius 1 is 1.10 bits per heavy atom. The van der Waals surface area contributed by atoms with Crippen LogP contribution in [0.5, 0.6) is 0 Å². The number of nitrogens with zero attached hydrogens (tertiary/aromatic N) is 4. The number of hydrogen-bond donors (Lipinski definition) is 1. The summed E-state index contributed by atoms with van der Waals surface area (Å²) in [6.45, 7) is 8.61. The van der Waals surface area contributed by atoms with E-state index in [1.54, 1.807) is 4.57 Å². The number of anilines is 1. The standard InChI is InChI=1S/C23H25N5O2S/c1-5-10-27-21(30)17-8-6-7-9-18(17)28-22(27)25-26-23(28)31-13-19(29)24-20-15(3)11-14(2)12-16(20)4/h6-9,11-12H,5,10,13H2,1-4H3,(H,24,29). The van der Waals surface area contributed by atoms with E-state index in [2.05, 4.69) is 27.6 Å². The molecule has 2 heterocycles. The molecule has 0 saturated heterocycles. The summed E-state index contributed by atoms with van der Waals surface area (Å²) in [7, 11) is 0. The molecule has 8 heteroatoms. The number of aromatic nitrogens is 4. The molecule has 4 rings (SSSR count). The zero-order chi connectivity index (χ0) is 22.1. The van der Waals surface area contributed by atoms with Crippen LogP contribution in [0.25, 0.3) is 16.7 Å². The zero-order valence-electron chi connectivity index (χ0n) is 18.1. The first-order valence-electron chi connectivity index (χ1n) is 10.3. The molecule has 7 nitrogen and oxygen atoms in total. The predicted octanol–water partition coefficient (Wildman–Crippen LogP) is 4.11. The highest BCUT2D eigenvalue weighted by Crippen LogP contribution is 2.24. The maximum absolute atomic E-state index is 12.9. The average Bonchev–Trinajstić information content (AvgIpc) is 3.16. The van der Waals surface area contributed by atoms with Gasteiger partial charge in [0, 0.05) is 12.2 Å². The number of carbonyl (C=O) groups is 1. The lowest BCUT2D eigenvalue weighted by molar-refractivity contribution is -0.113. The second kappa shape index (κ2) is 8.55. The summed E-state index contributed by atoms with van der Waals surface area (Å²) in [5.74, 6) is 0.580. The number of thioether (sulfide) groups is 1. The van der Waals surface area contributed by atoms with E-state index in [1.165, 1.54) is 17.3 Å². The first kappa shape index (κ1) is 21.1. The van der Waals surface area contributed by atoms with Crippen LogP contribution in [-0.4, -0.2) is 30.8 Å². The predicted molar refractivity (Wildman–Crippen MR) is 125 cm³/mol. The Hall–Kier alpha value is -3.13. The molecule has 2 aromatic heterocycles. The van der Waals surface area contributed by atoms with Gasteiger partial charge in [-0.05, 0) is 50.5 Å². The van der Waals surface area contributed by atoms with Crippen molar-refractivity contribution in [1.29, 1.82) is 0 Å². The van der Waals surface area contributed by atoms with Gasteiger partial charge < -0.3 is 5.32 Å².